The van der Waals surface area contributed by atoms with Gasteiger partial charge in [0.2, 0.25) is 10.0 Å². The molecule has 0 aliphatic heterocycles. The summed E-state index contributed by atoms with van der Waals surface area (Å²) in [7, 11) is -3.32. The minimum Gasteiger partial charge on any atom is -0.350 e. The second kappa shape index (κ2) is 7.49. The van der Waals surface area contributed by atoms with E-state index >= 15 is 0 Å². The Morgan fingerprint density at radius 1 is 1.11 bits per heavy atom. The SMILES string of the molecule is CC(C)(C)S(=O)(=O)N[C@H]1CC[C@H](c2cc(-c3ccccc3)c(C#N)[nH]2)CC1. The van der Waals surface area contributed by atoms with Crippen molar-refractivity contribution >= 4 is 10.0 Å². The Bertz CT molecular complexity index is 926. The van der Waals surface area contributed by atoms with E-state index in [1.807, 2.05) is 30.3 Å². The fourth-order valence-corrected chi connectivity index (χ4v) is 4.58. The molecule has 2 aromatic rings. The van der Waals surface area contributed by atoms with Gasteiger partial charge in [-0.15, -0.1) is 0 Å². The standard InChI is InChI=1S/C21H27N3O2S/c1-21(2,3)27(25,26)24-17-11-9-16(10-12-17)19-13-18(20(14-22)23-19)15-7-5-4-6-8-15/h4-8,13,16-17,23-24H,9-12H2,1-3H3/t16-,17-. The van der Waals surface area contributed by atoms with Crippen LogP contribution < -0.4 is 4.72 Å². The number of rotatable bonds is 4. The molecule has 1 aliphatic carbocycles. The van der Waals surface area contributed by atoms with Crippen LogP contribution in [0.2, 0.25) is 0 Å². The summed E-state index contributed by atoms with van der Waals surface area (Å²) in [4.78, 5) is 3.29. The van der Waals surface area contributed by atoms with Gasteiger partial charge < -0.3 is 4.98 Å². The van der Waals surface area contributed by atoms with E-state index in [-0.39, 0.29) is 6.04 Å². The summed E-state index contributed by atoms with van der Waals surface area (Å²) in [6.07, 6.45) is 3.41. The fourth-order valence-electron chi connectivity index (χ4n) is 3.55. The third-order valence-electron chi connectivity index (χ3n) is 5.33. The fraction of sp³-hybridized carbons (Fsp3) is 0.476. The molecule has 0 atom stereocenters. The van der Waals surface area contributed by atoms with Crippen LogP contribution in [0.5, 0.6) is 0 Å². The van der Waals surface area contributed by atoms with Gasteiger partial charge in [-0.3, -0.25) is 0 Å². The number of hydrogen-bond acceptors (Lipinski definition) is 3. The summed E-state index contributed by atoms with van der Waals surface area (Å²) in [5, 5.41) is 9.48. The number of H-pyrrole nitrogens is 1. The third kappa shape index (κ3) is 4.26. The summed E-state index contributed by atoms with van der Waals surface area (Å²) >= 11 is 0. The first-order valence-electron chi connectivity index (χ1n) is 9.41. The van der Waals surface area contributed by atoms with E-state index in [2.05, 4.69) is 21.8 Å². The molecule has 0 bridgehead atoms. The van der Waals surface area contributed by atoms with E-state index in [9.17, 15) is 13.7 Å². The molecule has 5 nitrogen and oxygen atoms in total. The van der Waals surface area contributed by atoms with Crippen LogP contribution in [0.1, 0.15) is 63.8 Å². The zero-order valence-corrected chi connectivity index (χ0v) is 16.9. The largest absolute Gasteiger partial charge is 0.350 e. The predicted molar refractivity (Wildman–Crippen MR) is 108 cm³/mol. The van der Waals surface area contributed by atoms with Crippen molar-refractivity contribution in [3.05, 3.63) is 47.8 Å². The molecule has 144 valence electrons. The van der Waals surface area contributed by atoms with Crippen molar-refractivity contribution in [3.8, 4) is 17.2 Å². The lowest BCUT2D eigenvalue weighted by Crippen LogP contribution is -2.45. The van der Waals surface area contributed by atoms with E-state index < -0.39 is 14.8 Å². The van der Waals surface area contributed by atoms with E-state index in [4.69, 9.17) is 0 Å². The van der Waals surface area contributed by atoms with Crippen molar-refractivity contribution in [2.24, 2.45) is 0 Å². The smallest absolute Gasteiger partial charge is 0.216 e. The Hall–Kier alpha value is -2.10. The van der Waals surface area contributed by atoms with Crippen molar-refractivity contribution in [2.45, 2.75) is 63.2 Å². The molecule has 0 radical (unpaired) electrons. The molecule has 0 saturated heterocycles. The van der Waals surface area contributed by atoms with E-state index in [1.165, 1.54) is 0 Å². The average Bonchev–Trinajstić information content (AvgIpc) is 3.06. The summed E-state index contributed by atoms with van der Waals surface area (Å²) in [6, 6.07) is 14.2. The number of nitrogens with one attached hydrogen (secondary N) is 2. The predicted octanol–water partition coefficient (Wildman–Crippen LogP) is 4.30. The average molecular weight is 386 g/mol. The Kier molecular flexibility index (Phi) is 5.45. The molecule has 0 amide bonds. The van der Waals surface area contributed by atoms with Gasteiger partial charge in [-0.05, 0) is 64.0 Å². The molecule has 0 unspecified atom stereocenters. The van der Waals surface area contributed by atoms with Crippen LogP contribution in [-0.4, -0.2) is 24.2 Å². The van der Waals surface area contributed by atoms with Crippen molar-refractivity contribution in [1.82, 2.24) is 9.71 Å². The Morgan fingerprint density at radius 3 is 2.30 bits per heavy atom. The first kappa shape index (κ1) is 19.7. The number of benzene rings is 1. The van der Waals surface area contributed by atoms with Crippen molar-refractivity contribution in [1.29, 1.82) is 5.26 Å². The molecule has 27 heavy (non-hydrogen) atoms. The van der Waals surface area contributed by atoms with Crippen molar-refractivity contribution in [3.63, 3.8) is 0 Å². The minimum atomic E-state index is -3.32. The molecule has 1 aromatic carbocycles. The maximum atomic E-state index is 12.4. The second-order valence-electron chi connectivity index (χ2n) is 8.27. The number of aromatic nitrogens is 1. The molecule has 1 saturated carbocycles. The first-order valence-corrected chi connectivity index (χ1v) is 10.9. The van der Waals surface area contributed by atoms with E-state index in [0.29, 0.717) is 11.6 Å². The molecular formula is C21H27N3O2S. The van der Waals surface area contributed by atoms with Gasteiger partial charge in [0, 0.05) is 17.3 Å². The first-order chi connectivity index (χ1) is 12.7. The minimum absolute atomic E-state index is 0.00975. The van der Waals surface area contributed by atoms with Gasteiger partial charge in [-0.25, -0.2) is 13.1 Å². The number of hydrogen-bond donors (Lipinski definition) is 2. The Labute approximate surface area is 161 Å². The van der Waals surface area contributed by atoms with Gasteiger partial charge in [-0.1, -0.05) is 30.3 Å². The monoisotopic (exact) mass is 385 g/mol. The molecule has 1 aromatic heterocycles. The van der Waals surface area contributed by atoms with Crippen LogP contribution in [0.3, 0.4) is 0 Å². The quantitative estimate of drug-likeness (QED) is 0.823. The summed E-state index contributed by atoms with van der Waals surface area (Å²) in [6.45, 7) is 5.15. The van der Waals surface area contributed by atoms with Crippen LogP contribution in [0.4, 0.5) is 0 Å². The molecule has 3 rings (SSSR count). The second-order valence-corrected chi connectivity index (χ2v) is 10.7. The van der Waals surface area contributed by atoms with Gasteiger partial charge >= 0.3 is 0 Å². The highest BCUT2D eigenvalue weighted by molar-refractivity contribution is 7.90. The van der Waals surface area contributed by atoms with E-state index in [0.717, 1.165) is 42.5 Å². The van der Waals surface area contributed by atoms with Crippen molar-refractivity contribution in [2.75, 3.05) is 0 Å². The highest BCUT2D eigenvalue weighted by Crippen LogP contribution is 2.36. The molecule has 2 N–H and O–H groups in total. The van der Waals surface area contributed by atoms with Gasteiger partial charge in [0.1, 0.15) is 11.8 Å². The summed E-state index contributed by atoms with van der Waals surface area (Å²) in [5.74, 6) is 0.324. The molecule has 1 heterocycles. The van der Waals surface area contributed by atoms with Crippen molar-refractivity contribution < 1.29 is 8.42 Å². The zero-order chi connectivity index (χ0) is 19.7. The topological polar surface area (TPSA) is 85.8 Å². The third-order valence-corrected chi connectivity index (χ3v) is 7.59. The van der Waals surface area contributed by atoms with Crippen LogP contribution >= 0.6 is 0 Å². The Morgan fingerprint density at radius 2 is 1.74 bits per heavy atom. The lowest BCUT2D eigenvalue weighted by Gasteiger charge is -2.31. The number of nitrogens with zero attached hydrogens (tertiary/aromatic N) is 1. The van der Waals surface area contributed by atoms with Gasteiger partial charge in [-0.2, -0.15) is 5.26 Å². The number of aromatic amines is 1. The molecule has 1 fully saturated rings. The lowest BCUT2D eigenvalue weighted by molar-refractivity contribution is 0.368. The molecule has 1 aliphatic rings. The van der Waals surface area contributed by atoms with Crippen LogP contribution in [0.15, 0.2) is 36.4 Å². The number of sulfonamides is 1. The highest BCUT2D eigenvalue weighted by atomic mass is 32.2. The lowest BCUT2D eigenvalue weighted by atomic mass is 9.84. The van der Waals surface area contributed by atoms with Gasteiger partial charge in [0.15, 0.2) is 0 Å². The molecule has 0 spiro atoms. The maximum absolute atomic E-state index is 12.4. The van der Waals surface area contributed by atoms with Crippen LogP contribution in [0, 0.1) is 11.3 Å². The van der Waals surface area contributed by atoms with E-state index in [1.54, 1.807) is 20.8 Å². The van der Waals surface area contributed by atoms with Crippen LogP contribution in [0.25, 0.3) is 11.1 Å². The van der Waals surface area contributed by atoms with Crippen LogP contribution in [-0.2, 0) is 10.0 Å². The molecular weight excluding hydrogens is 358 g/mol. The Balaban J connectivity index is 1.70. The summed E-state index contributed by atoms with van der Waals surface area (Å²) in [5.41, 5.74) is 3.63. The van der Waals surface area contributed by atoms with Gasteiger partial charge in [0.25, 0.3) is 0 Å². The normalized spacial score (nSPS) is 21.0. The maximum Gasteiger partial charge on any atom is 0.216 e. The van der Waals surface area contributed by atoms with Gasteiger partial charge in [0.05, 0.1) is 4.75 Å². The number of nitriles is 1. The molecule has 6 heteroatoms. The highest BCUT2D eigenvalue weighted by Gasteiger charge is 2.33. The summed E-state index contributed by atoms with van der Waals surface area (Å²) < 4.78 is 26.8. The zero-order valence-electron chi connectivity index (χ0n) is 16.1.